The molecule has 0 fully saturated rings. The smallest absolute Gasteiger partial charge is 0.175 e. The van der Waals surface area contributed by atoms with Crippen molar-refractivity contribution in [1.29, 1.82) is 0 Å². The number of hydrogen-bond acceptors (Lipinski definition) is 4. The van der Waals surface area contributed by atoms with Crippen LogP contribution in [0.5, 0.6) is 11.5 Å². The summed E-state index contributed by atoms with van der Waals surface area (Å²) in [5.74, 6) is -0.294. The van der Waals surface area contributed by atoms with Gasteiger partial charge in [-0.3, -0.25) is 0 Å². The van der Waals surface area contributed by atoms with Gasteiger partial charge in [0, 0.05) is 17.9 Å². The summed E-state index contributed by atoms with van der Waals surface area (Å²) in [5.41, 5.74) is 6.31. The van der Waals surface area contributed by atoms with Crippen LogP contribution in [0.15, 0.2) is 47.4 Å². The highest BCUT2D eigenvalue weighted by atomic mass is 32.2. The molecule has 6 heteroatoms. The third-order valence-electron chi connectivity index (χ3n) is 2.94. The van der Waals surface area contributed by atoms with Gasteiger partial charge >= 0.3 is 0 Å². The second-order valence-electron chi connectivity index (χ2n) is 4.80. The monoisotopic (exact) mass is 309 g/mol. The molecule has 0 heterocycles. The van der Waals surface area contributed by atoms with Crippen molar-refractivity contribution in [2.24, 2.45) is 5.73 Å². The third-order valence-corrected chi connectivity index (χ3v) is 4.05. The Labute approximate surface area is 123 Å². The van der Waals surface area contributed by atoms with E-state index in [2.05, 4.69) is 0 Å². The predicted octanol–water partition coefficient (Wildman–Crippen LogP) is 3.04. The maximum Gasteiger partial charge on any atom is 0.175 e. The highest BCUT2D eigenvalue weighted by Crippen LogP contribution is 2.32. The summed E-state index contributed by atoms with van der Waals surface area (Å²) >= 11 is 0. The van der Waals surface area contributed by atoms with Crippen LogP contribution in [0.3, 0.4) is 0 Å². The van der Waals surface area contributed by atoms with Crippen LogP contribution in [0.4, 0.5) is 4.39 Å². The molecule has 1 atom stereocenters. The summed E-state index contributed by atoms with van der Waals surface area (Å²) in [4.78, 5) is 0.110. The number of ether oxygens (including phenoxy) is 1. The molecule has 0 aliphatic rings. The van der Waals surface area contributed by atoms with Gasteiger partial charge < -0.3 is 10.5 Å². The number of rotatable bonds is 4. The van der Waals surface area contributed by atoms with Gasteiger partial charge in [-0.25, -0.2) is 12.8 Å². The average molecular weight is 309 g/mol. The summed E-state index contributed by atoms with van der Waals surface area (Å²) < 4.78 is 42.5. The largest absolute Gasteiger partial charge is 0.454 e. The van der Waals surface area contributed by atoms with E-state index in [0.29, 0.717) is 5.56 Å². The van der Waals surface area contributed by atoms with E-state index < -0.39 is 21.7 Å². The molecule has 0 spiro atoms. The first kappa shape index (κ1) is 15.5. The maximum atomic E-state index is 13.9. The number of para-hydroxylation sites is 1. The highest BCUT2D eigenvalue weighted by molar-refractivity contribution is 7.90. The summed E-state index contributed by atoms with van der Waals surface area (Å²) in [6.45, 7) is 1.72. The lowest BCUT2D eigenvalue weighted by Gasteiger charge is -2.14. The van der Waals surface area contributed by atoms with E-state index in [1.54, 1.807) is 25.1 Å². The molecule has 0 aliphatic heterocycles. The van der Waals surface area contributed by atoms with Gasteiger partial charge in [0.2, 0.25) is 0 Å². The van der Waals surface area contributed by atoms with E-state index >= 15 is 0 Å². The van der Waals surface area contributed by atoms with Crippen LogP contribution in [-0.2, 0) is 9.84 Å². The Balaban J connectivity index is 2.44. The molecule has 0 saturated carbocycles. The van der Waals surface area contributed by atoms with E-state index in [9.17, 15) is 12.8 Å². The molecular formula is C15H16FNO3S. The topological polar surface area (TPSA) is 69.4 Å². The first-order valence-electron chi connectivity index (χ1n) is 6.31. The van der Waals surface area contributed by atoms with Crippen molar-refractivity contribution in [3.05, 3.63) is 53.8 Å². The molecule has 21 heavy (non-hydrogen) atoms. The first-order chi connectivity index (χ1) is 9.79. The molecule has 0 unspecified atom stereocenters. The fourth-order valence-corrected chi connectivity index (χ4v) is 2.53. The van der Waals surface area contributed by atoms with E-state index in [1.165, 1.54) is 24.3 Å². The minimum atomic E-state index is -3.35. The second kappa shape index (κ2) is 5.83. The maximum absolute atomic E-state index is 13.9. The van der Waals surface area contributed by atoms with Crippen molar-refractivity contribution in [1.82, 2.24) is 0 Å². The summed E-state index contributed by atoms with van der Waals surface area (Å²) in [5, 5.41) is 0. The number of nitrogens with two attached hydrogens (primary N) is 1. The number of hydrogen-bond donors (Lipinski definition) is 1. The van der Waals surface area contributed by atoms with Crippen LogP contribution in [0.2, 0.25) is 0 Å². The zero-order chi connectivity index (χ0) is 15.6. The Hall–Kier alpha value is -1.92. The van der Waals surface area contributed by atoms with Crippen molar-refractivity contribution in [3.63, 3.8) is 0 Å². The molecule has 2 rings (SSSR count). The Bertz CT molecular complexity index is 757. The minimum Gasteiger partial charge on any atom is -0.454 e. The van der Waals surface area contributed by atoms with Crippen LogP contribution in [0.25, 0.3) is 0 Å². The Morgan fingerprint density at radius 3 is 2.48 bits per heavy atom. The lowest BCUT2D eigenvalue weighted by Crippen LogP contribution is -2.07. The molecule has 0 aromatic heterocycles. The molecule has 112 valence electrons. The summed E-state index contributed by atoms with van der Waals surface area (Å²) in [7, 11) is -3.35. The molecule has 0 saturated heterocycles. The zero-order valence-electron chi connectivity index (χ0n) is 11.7. The van der Waals surface area contributed by atoms with Gasteiger partial charge in [-0.15, -0.1) is 0 Å². The molecule has 0 amide bonds. The van der Waals surface area contributed by atoms with Crippen LogP contribution in [0, 0.1) is 5.82 Å². The van der Waals surface area contributed by atoms with Crippen molar-refractivity contribution >= 4 is 9.84 Å². The van der Waals surface area contributed by atoms with Crippen molar-refractivity contribution in [2.75, 3.05) is 6.26 Å². The fourth-order valence-electron chi connectivity index (χ4n) is 1.88. The van der Waals surface area contributed by atoms with E-state index in [1.807, 2.05) is 0 Å². The zero-order valence-corrected chi connectivity index (χ0v) is 12.5. The van der Waals surface area contributed by atoms with Crippen molar-refractivity contribution in [3.8, 4) is 11.5 Å². The predicted molar refractivity (Wildman–Crippen MR) is 78.6 cm³/mol. The molecule has 2 aromatic carbocycles. The fraction of sp³-hybridized carbons (Fsp3) is 0.200. The van der Waals surface area contributed by atoms with Crippen molar-refractivity contribution < 1.29 is 17.5 Å². The quantitative estimate of drug-likeness (QED) is 0.942. The van der Waals surface area contributed by atoms with Crippen LogP contribution >= 0.6 is 0 Å². The highest BCUT2D eigenvalue weighted by Gasteiger charge is 2.15. The van der Waals surface area contributed by atoms with Gasteiger partial charge in [0.05, 0.1) is 4.90 Å². The summed E-state index contributed by atoms with van der Waals surface area (Å²) in [6, 6.07) is 9.99. The molecule has 0 radical (unpaired) electrons. The minimum absolute atomic E-state index is 0.0122. The first-order valence-corrected chi connectivity index (χ1v) is 8.20. The Kier molecular flexibility index (Phi) is 4.29. The van der Waals surface area contributed by atoms with Crippen molar-refractivity contribution in [2.45, 2.75) is 17.9 Å². The average Bonchev–Trinajstić information content (AvgIpc) is 2.40. The second-order valence-corrected chi connectivity index (χ2v) is 6.81. The lowest BCUT2D eigenvalue weighted by atomic mass is 10.1. The Morgan fingerprint density at radius 1 is 1.19 bits per heavy atom. The van der Waals surface area contributed by atoms with Gasteiger partial charge in [0.25, 0.3) is 0 Å². The number of benzene rings is 2. The molecule has 2 aromatic rings. The molecule has 4 nitrogen and oxygen atoms in total. The van der Waals surface area contributed by atoms with Gasteiger partial charge in [0.15, 0.2) is 21.4 Å². The van der Waals surface area contributed by atoms with Gasteiger partial charge in [-0.2, -0.15) is 0 Å². The van der Waals surface area contributed by atoms with Crippen LogP contribution in [0.1, 0.15) is 18.5 Å². The van der Waals surface area contributed by atoms with E-state index in [-0.39, 0.29) is 16.4 Å². The number of halogens is 1. The summed E-state index contributed by atoms with van der Waals surface area (Å²) in [6.07, 6.45) is 1.10. The standard InChI is InChI=1S/C15H16FNO3S/c1-10(17)13-7-4-8-14(16)15(13)20-11-5-3-6-12(9-11)21(2,18)19/h3-10H,17H2,1-2H3/t10-/m1/s1. The third kappa shape index (κ3) is 3.59. The molecular weight excluding hydrogens is 293 g/mol. The molecule has 0 aliphatic carbocycles. The normalized spacial score (nSPS) is 13.0. The van der Waals surface area contributed by atoms with E-state index in [0.717, 1.165) is 6.26 Å². The SMILES string of the molecule is C[C@@H](N)c1cccc(F)c1Oc1cccc(S(C)(=O)=O)c1. The molecule has 0 bridgehead atoms. The van der Waals surface area contributed by atoms with Gasteiger partial charge in [0.1, 0.15) is 5.75 Å². The molecule has 2 N–H and O–H groups in total. The number of sulfone groups is 1. The van der Waals surface area contributed by atoms with E-state index in [4.69, 9.17) is 10.5 Å². The van der Waals surface area contributed by atoms with Crippen LogP contribution < -0.4 is 10.5 Å². The Morgan fingerprint density at radius 2 is 1.86 bits per heavy atom. The van der Waals surface area contributed by atoms with Crippen LogP contribution in [-0.4, -0.2) is 14.7 Å². The van der Waals surface area contributed by atoms with Gasteiger partial charge in [-0.05, 0) is 31.2 Å². The lowest BCUT2D eigenvalue weighted by molar-refractivity contribution is 0.431. The van der Waals surface area contributed by atoms with Gasteiger partial charge in [-0.1, -0.05) is 18.2 Å².